The summed E-state index contributed by atoms with van der Waals surface area (Å²) in [7, 11) is -3.22. The summed E-state index contributed by atoms with van der Waals surface area (Å²) in [5.74, 6) is 0.665. The minimum Gasteiger partial charge on any atom is -0.240 e. The van der Waals surface area contributed by atoms with E-state index in [-0.39, 0.29) is 11.6 Å². The summed E-state index contributed by atoms with van der Waals surface area (Å²) >= 11 is 1.54. The molecule has 0 aliphatic carbocycles. The number of thioether (sulfide) groups is 1. The number of benzene rings is 1. The molecule has 26 heavy (non-hydrogen) atoms. The van der Waals surface area contributed by atoms with Crippen molar-refractivity contribution in [3.05, 3.63) is 59.4 Å². The third-order valence-corrected chi connectivity index (χ3v) is 5.28. The van der Waals surface area contributed by atoms with Crippen molar-refractivity contribution in [2.75, 3.05) is 12.5 Å². The van der Waals surface area contributed by atoms with Gasteiger partial charge in [0.05, 0.1) is 11.6 Å². The van der Waals surface area contributed by atoms with Crippen LogP contribution in [0.5, 0.6) is 0 Å². The zero-order chi connectivity index (χ0) is 18.7. The number of nitrogens with zero attached hydrogens (tertiary/aromatic N) is 4. The van der Waals surface area contributed by atoms with Gasteiger partial charge in [0.1, 0.15) is 11.4 Å². The van der Waals surface area contributed by atoms with Gasteiger partial charge in [0.2, 0.25) is 0 Å². The average molecular weight is 389 g/mol. The van der Waals surface area contributed by atoms with Crippen LogP contribution in [0, 0.1) is 6.92 Å². The summed E-state index contributed by atoms with van der Waals surface area (Å²) in [5, 5.41) is 5.32. The lowest BCUT2D eigenvalue weighted by atomic mass is 10.1. The molecule has 6 nitrogen and oxygen atoms in total. The second-order valence-corrected chi connectivity index (χ2v) is 9.04. The van der Waals surface area contributed by atoms with Crippen LogP contribution in [-0.4, -0.2) is 40.7 Å². The normalized spacial score (nSPS) is 11.7. The maximum absolute atomic E-state index is 11.7. The molecular weight excluding hydrogens is 368 g/mol. The van der Waals surface area contributed by atoms with Crippen LogP contribution in [0.1, 0.15) is 17.0 Å². The molecule has 3 aromatic rings. The van der Waals surface area contributed by atoms with Gasteiger partial charge in [0.15, 0.2) is 21.5 Å². The van der Waals surface area contributed by atoms with Crippen LogP contribution in [-0.2, 0) is 22.1 Å². The zero-order valence-electron chi connectivity index (χ0n) is 14.9. The number of hydrogen-bond donors (Lipinski definition) is 0. The van der Waals surface area contributed by atoms with E-state index in [1.807, 2.05) is 55.6 Å². The number of hydrogen-bond acceptors (Lipinski definition) is 6. The Morgan fingerprint density at radius 3 is 2.54 bits per heavy atom. The SMILES string of the molecule is CSc1cccc(-c2nc(CS(C)(=O)=O)nn2Cc2ccccc2C)n1. The highest BCUT2D eigenvalue weighted by molar-refractivity contribution is 7.98. The lowest BCUT2D eigenvalue weighted by Crippen LogP contribution is -2.07. The number of rotatable bonds is 6. The van der Waals surface area contributed by atoms with Crippen molar-refractivity contribution < 1.29 is 8.42 Å². The Kier molecular flexibility index (Phi) is 5.43. The molecule has 2 aromatic heterocycles. The Labute approximate surface area is 157 Å². The van der Waals surface area contributed by atoms with Crippen LogP contribution in [0.25, 0.3) is 11.5 Å². The predicted octanol–water partition coefficient (Wildman–Crippen LogP) is 2.96. The van der Waals surface area contributed by atoms with Crippen molar-refractivity contribution in [2.24, 2.45) is 0 Å². The summed E-state index contributed by atoms with van der Waals surface area (Å²) in [6.07, 6.45) is 3.14. The van der Waals surface area contributed by atoms with Gasteiger partial charge in [0.25, 0.3) is 0 Å². The molecule has 0 saturated heterocycles. The summed E-state index contributed by atoms with van der Waals surface area (Å²) in [5.41, 5.74) is 2.92. The fraction of sp³-hybridized carbons (Fsp3) is 0.278. The first-order valence-corrected chi connectivity index (χ1v) is 11.3. The largest absolute Gasteiger partial charge is 0.240 e. The molecule has 3 rings (SSSR count). The first kappa shape index (κ1) is 18.6. The molecule has 0 bridgehead atoms. The first-order valence-electron chi connectivity index (χ1n) is 8.03. The molecule has 0 saturated carbocycles. The Morgan fingerprint density at radius 2 is 1.85 bits per heavy atom. The molecular formula is C18H20N4O2S2. The van der Waals surface area contributed by atoms with E-state index in [0.29, 0.717) is 18.1 Å². The minimum absolute atomic E-state index is 0.191. The molecule has 0 spiro atoms. The maximum atomic E-state index is 11.7. The highest BCUT2D eigenvalue weighted by Crippen LogP contribution is 2.21. The lowest BCUT2D eigenvalue weighted by Gasteiger charge is -2.08. The van der Waals surface area contributed by atoms with Crippen molar-refractivity contribution in [3.63, 3.8) is 0 Å². The number of aryl methyl sites for hydroxylation is 1. The van der Waals surface area contributed by atoms with E-state index in [9.17, 15) is 8.42 Å². The van der Waals surface area contributed by atoms with Crippen molar-refractivity contribution in [1.82, 2.24) is 19.7 Å². The van der Waals surface area contributed by atoms with Gasteiger partial charge in [-0.05, 0) is 36.4 Å². The van der Waals surface area contributed by atoms with Gasteiger partial charge in [-0.3, -0.25) is 0 Å². The van der Waals surface area contributed by atoms with Gasteiger partial charge in [-0.1, -0.05) is 30.3 Å². The van der Waals surface area contributed by atoms with Crippen molar-refractivity contribution in [3.8, 4) is 11.5 Å². The molecule has 0 unspecified atom stereocenters. The third kappa shape index (κ3) is 4.50. The van der Waals surface area contributed by atoms with Gasteiger partial charge in [-0.15, -0.1) is 11.8 Å². The molecule has 0 atom stereocenters. The molecule has 8 heteroatoms. The molecule has 0 fully saturated rings. The van der Waals surface area contributed by atoms with Gasteiger partial charge in [-0.2, -0.15) is 5.10 Å². The molecule has 0 aliphatic heterocycles. The van der Waals surface area contributed by atoms with E-state index in [1.165, 1.54) is 6.26 Å². The Morgan fingerprint density at radius 1 is 1.08 bits per heavy atom. The molecule has 0 radical (unpaired) electrons. The molecule has 2 heterocycles. The van der Waals surface area contributed by atoms with E-state index in [2.05, 4.69) is 15.1 Å². The quantitative estimate of drug-likeness (QED) is 0.604. The van der Waals surface area contributed by atoms with E-state index < -0.39 is 9.84 Å². The van der Waals surface area contributed by atoms with Crippen molar-refractivity contribution in [1.29, 1.82) is 0 Å². The molecule has 0 N–H and O–H groups in total. The number of aromatic nitrogens is 4. The van der Waals surface area contributed by atoms with Gasteiger partial charge in [-0.25, -0.2) is 23.1 Å². The highest BCUT2D eigenvalue weighted by atomic mass is 32.2. The Balaban J connectivity index is 2.07. The molecule has 1 aromatic carbocycles. The van der Waals surface area contributed by atoms with Crippen LogP contribution in [0.3, 0.4) is 0 Å². The standard InChI is InChI=1S/C18H20N4O2S2/c1-13-7-4-5-8-14(13)11-22-18(15-9-6-10-17(19-15)25-2)20-16(21-22)12-26(3,23)24/h4-10H,11-12H2,1-3H3. The van der Waals surface area contributed by atoms with Crippen LogP contribution < -0.4 is 0 Å². The second kappa shape index (κ2) is 7.59. The summed E-state index contributed by atoms with van der Waals surface area (Å²) < 4.78 is 25.1. The van der Waals surface area contributed by atoms with Crippen LogP contribution in [0.2, 0.25) is 0 Å². The van der Waals surface area contributed by atoms with Gasteiger partial charge < -0.3 is 0 Å². The fourth-order valence-corrected chi connectivity index (χ4v) is 3.58. The van der Waals surface area contributed by atoms with E-state index in [1.54, 1.807) is 16.4 Å². The summed E-state index contributed by atoms with van der Waals surface area (Å²) in [6, 6.07) is 13.7. The zero-order valence-corrected chi connectivity index (χ0v) is 16.5. The second-order valence-electron chi connectivity index (χ2n) is 6.07. The number of pyridine rings is 1. The van der Waals surface area contributed by atoms with Crippen LogP contribution in [0.4, 0.5) is 0 Å². The van der Waals surface area contributed by atoms with Gasteiger partial charge >= 0.3 is 0 Å². The highest BCUT2D eigenvalue weighted by Gasteiger charge is 2.17. The lowest BCUT2D eigenvalue weighted by molar-refractivity contribution is 0.598. The third-order valence-electron chi connectivity index (χ3n) is 3.85. The Bertz CT molecular complexity index is 1030. The molecule has 0 amide bonds. The topological polar surface area (TPSA) is 77.7 Å². The first-order chi connectivity index (χ1) is 12.4. The van der Waals surface area contributed by atoms with E-state index in [0.717, 1.165) is 16.2 Å². The average Bonchev–Trinajstić information content (AvgIpc) is 2.97. The monoisotopic (exact) mass is 388 g/mol. The van der Waals surface area contributed by atoms with Crippen LogP contribution in [0.15, 0.2) is 47.5 Å². The summed E-state index contributed by atoms with van der Waals surface area (Å²) in [6.45, 7) is 2.54. The van der Waals surface area contributed by atoms with E-state index in [4.69, 9.17) is 0 Å². The van der Waals surface area contributed by atoms with Crippen molar-refractivity contribution in [2.45, 2.75) is 24.2 Å². The van der Waals surface area contributed by atoms with Crippen LogP contribution >= 0.6 is 11.8 Å². The predicted molar refractivity (Wildman–Crippen MR) is 104 cm³/mol. The smallest absolute Gasteiger partial charge is 0.177 e. The summed E-state index contributed by atoms with van der Waals surface area (Å²) in [4.78, 5) is 9.05. The van der Waals surface area contributed by atoms with E-state index >= 15 is 0 Å². The van der Waals surface area contributed by atoms with Crippen molar-refractivity contribution >= 4 is 21.6 Å². The molecule has 136 valence electrons. The number of sulfone groups is 1. The minimum atomic E-state index is -3.22. The molecule has 0 aliphatic rings. The maximum Gasteiger partial charge on any atom is 0.177 e. The fourth-order valence-electron chi connectivity index (χ4n) is 2.59. The Hall–Kier alpha value is -2.19. The van der Waals surface area contributed by atoms with Gasteiger partial charge in [0, 0.05) is 6.26 Å².